The van der Waals surface area contributed by atoms with Crippen LogP contribution in [-0.2, 0) is 29.5 Å². The Morgan fingerprint density at radius 1 is 1.45 bits per heavy atom. The fourth-order valence-electron chi connectivity index (χ4n) is 2.21. The van der Waals surface area contributed by atoms with Crippen molar-refractivity contribution in [3.63, 3.8) is 0 Å². The van der Waals surface area contributed by atoms with E-state index in [-0.39, 0.29) is 11.6 Å². The summed E-state index contributed by atoms with van der Waals surface area (Å²) < 4.78 is 30.0. The SMILES string of the molecule is O=S(=O)(NCc1csc(Br)c1)c1cn2c(n1)CCCC2. The molecule has 0 saturated heterocycles. The van der Waals surface area contributed by atoms with Crippen LogP contribution in [0.15, 0.2) is 26.5 Å². The van der Waals surface area contributed by atoms with Gasteiger partial charge in [0.15, 0.2) is 5.03 Å². The standard InChI is InChI=1S/C12H14BrN3O2S2/c13-10-5-9(8-19-10)6-14-20(17,18)12-7-16-4-2-1-3-11(16)15-12/h5,7-8,14H,1-4,6H2. The zero-order valence-electron chi connectivity index (χ0n) is 10.7. The number of sulfonamides is 1. The second-order valence-electron chi connectivity index (χ2n) is 4.73. The van der Waals surface area contributed by atoms with Gasteiger partial charge in [-0.2, -0.15) is 0 Å². The maximum Gasteiger partial charge on any atom is 0.259 e. The van der Waals surface area contributed by atoms with E-state index in [1.807, 2.05) is 16.0 Å². The first-order valence-corrected chi connectivity index (χ1v) is 9.49. The van der Waals surface area contributed by atoms with Crippen molar-refractivity contribution in [2.24, 2.45) is 0 Å². The third-order valence-electron chi connectivity index (χ3n) is 3.25. The summed E-state index contributed by atoms with van der Waals surface area (Å²) >= 11 is 4.90. The first-order valence-electron chi connectivity index (χ1n) is 6.33. The monoisotopic (exact) mass is 375 g/mol. The maximum atomic E-state index is 12.2. The topological polar surface area (TPSA) is 64.0 Å². The van der Waals surface area contributed by atoms with Crippen LogP contribution in [0.4, 0.5) is 0 Å². The number of aromatic nitrogens is 2. The summed E-state index contributed by atoms with van der Waals surface area (Å²) in [6.07, 6.45) is 4.65. The lowest BCUT2D eigenvalue weighted by Crippen LogP contribution is -2.23. The molecule has 108 valence electrons. The van der Waals surface area contributed by atoms with E-state index >= 15 is 0 Å². The van der Waals surface area contributed by atoms with E-state index in [2.05, 4.69) is 25.6 Å². The van der Waals surface area contributed by atoms with Crippen molar-refractivity contribution in [1.29, 1.82) is 0 Å². The summed E-state index contributed by atoms with van der Waals surface area (Å²) in [4.78, 5) is 4.25. The van der Waals surface area contributed by atoms with Crippen molar-refractivity contribution < 1.29 is 8.42 Å². The molecule has 0 radical (unpaired) electrons. The highest BCUT2D eigenvalue weighted by atomic mass is 79.9. The van der Waals surface area contributed by atoms with Crippen LogP contribution < -0.4 is 4.72 Å². The number of aryl methyl sites for hydroxylation is 2. The molecule has 0 saturated carbocycles. The Balaban J connectivity index is 1.76. The third kappa shape index (κ3) is 2.98. The maximum absolute atomic E-state index is 12.2. The molecule has 0 unspecified atom stereocenters. The van der Waals surface area contributed by atoms with Gasteiger partial charge in [-0.15, -0.1) is 11.3 Å². The Morgan fingerprint density at radius 3 is 3.00 bits per heavy atom. The predicted molar refractivity (Wildman–Crippen MR) is 81.2 cm³/mol. The Kier molecular flexibility index (Phi) is 3.98. The summed E-state index contributed by atoms with van der Waals surface area (Å²) in [5, 5.41) is 2.05. The minimum Gasteiger partial charge on any atom is -0.333 e. The quantitative estimate of drug-likeness (QED) is 0.892. The number of imidazole rings is 1. The Bertz CT molecular complexity index is 697. The van der Waals surface area contributed by atoms with Crippen molar-refractivity contribution in [1.82, 2.24) is 14.3 Å². The summed E-state index contributed by atoms with van der Waals surface area (Å²) in [6, 6.07) is 1.91. The molecule has 3 rings (SSSR count). The van der Waals surface area contributed by atoms with Gasteiger partial charge in [0.1, 0.15) is 5.82 Å². The molecule has 2 aromatic heterocycles. The molecular formula is C12H14BrN3O2S2. The Labute approximate surface area is 130 Å². The van der Waals surface area contributed by atoms with Gasteiger partial charge in [-0.25, -0.2) is 18.1 Å². The fraction of sp³-hybridized carbons (Fsp3) is 0.417. The summed E-state index contributed by atoms with van der Waals surface area (Å²) in [5.41, 5.74) is 0.939. The van der Waals surface area contributed by atoms with Gasteiger partial charge in [0.05, 0.1) is 3.79 Å². The number of rotatable bonds is 4. The fourth-order valence-corrected chi connectivity index (χ4v) is 4.41. The summed E-state index contributed by atoms with van der Waals surface area (Å²) in [5.74, 6) is 0.870. The van der Waals surface area contributed by atoms with E-state index in [4.69, 9.17) is 0 Å². The summed E-state index contributed by atoms with van der Waals surface area (Å²) in [6.45, 7) is 1.14. The van der Waals surface area contributed by atoms with Crippen molar-refractivity contribution in [3.8, 4) is 0 Å². The normalized spacial score (nSPS) is 15.2. The molecule has 0 aromatic carbocycles. The average molecular weight is 376 g/mol. The minimum atomic E-state index is -3.54. The molecule has 3 heterocycles. The third-order valence-corrected chi connectivity index (χ3v) is 6.07. The van der Waals surface area contributed by atoms with Gasteiger partial charge in [-0.05, 0) is 45.8 Å². The molecule has 2 aromatic rings. The molecule has 0 spiro atoms. The Morgan fingerprint density at radius 2 is 2.30 bits per heavy atom. The van der Waals surface area contributed by atoms with Crippen LogP contribution in [0.3, 0.4) is 0 Å². The van der Waals surface area contributed by atoms with Gasteiger partial charge in [0.2, 0.25) is 0 Å². The molecule has 1 aliphatic rings. The smallest absolute Gasteiger partial charge is 0.259 e. The van der Waals surface area contributed by atoms with Crippen LogP contribution in [0.25, 0.3) is 0 Å². The van der Waals surface area contributed by atoms with Crippen LogP contribution in [0.5, 0.6) is 0 Å². The van der Waals surface area contributed by atoms with E-state index < -0.39 is 10.0 Å². The highest BCUT2D eigenvalue weighted by Crippen LogP contribution is 2.21. The molecule has 1 N–H and O–H groups in total. The van der Waals surface area contributed by atoms with Crippen LogP contribution in [0.2, 0.25) is 0 Å². The van der Waals surface area contributed by atoms with E-state index in [1.165, 1.54) is 11.3 Å². The predicted octanol–water partition coefficient (Wildman–Crippen LogP) is 2.52. The lowest BCUT2D eigenvalue weighted by Gasteiger charge is -2.11. The molecule has 0 fully saturated rings. The molecular weight excluding hydrogens is 362 g/mol. The van der Waals surface area contributed by atoms with Gasteiger partial charge in [-0.1, -0.05) is 0 Å². The number of nitrogens with zero attached hydrogens (tertiary/aromatic N) is 2. The molecule has 0 atom stereocenters. The lowest BCUT2D eigenvalue weighted by molar-refractivity contribution is 0.522. The zero-order valence-corrected chi connectivity index (χ0v) is 13.9. The van der Waals surface area contributed by atoms with Crippen molar-refractivity contribution in [2.45, 2.75) is 37.4 Å². The molecule has 0 aliphatic carbocycles. The largest absolute Gasteiger partial charge is 0.333 e. The van der Waals surface area contributed by atoms with E-state index in [1.54, 1.807) is 6.20 Å². The molecule has 5 nitrogen and oxygen atoms in total. The number of hydrogen-bond donors (Lipinski definition) is 1. The number of nitrogens with one attached hydrogen (secondary N) is 1. The first kappa shape index (κ1) is 14.2. The van der Waals surface area contributed by atoms with Gasteiger partial charge in [-0.3, -0.25) is 0 Å². The van der Waals surface area contributed by atoms with E-state index in [0.29, 0.717) is 0 Å². The lowest BCUT2D eigenvalue weighted by atomic mass is 10.2. The summed E-state index contributed by atoms with van der Waals surface area (Å²) in [7, 11) is -3.54. The van der Waals surface area contributed by atoms with Gasteiger partial charge >= 0.3 is 0 Å². The van der Waals surface area contributed by atoms with Gasteiger partial charge < -0.3 is 4.57 Å². The van der Waals surface area contributed by atoms with Crippen LogP contribution in [-0.4, -0.2) is 18.0 Å². The number of hydrogen-bond acceptors (Lipinski definition) is 4. The number of fused-ring (bicyclic) bond motifs is 1. The average Bonchev–Trinajstić information content (AvgIpc) is 3.02. The highest BCUT2D eigenvalue weighted by molar-refractivity contribution is 9.11. The van der Waals surface area contributed by atoms with Crippen LogP contribution in [0.1, 0.15) is 24.2 Å². The Hall–Kier alpha value is -0.700. The van der Waals surface area contributed by atoms with E-state index in [9.17, 15) is 8.42 Å². The van der Waals surface area contributed by atoms with E-state index in [0.717, 1.165) is 41.0 Å². The number of halogens is 1. The molecule has 1 aliphatic heterocycles. The molecule has 20 heavy (non-hydrogen) atoms. The van der Waals surface area contributed by atoms with Crippen molar-refractivity contribution in [3.05, 3.63) is 32.8 Å². The second kappa shape index (κ2) is 5.59. The van der Waals surface area contributed by atoms with Crippen molar-refractivity contribution in [2.75, 3.05) is 0 Å². The second-order valence-corrected chi connectivity index (χ2v) is 8.73. The minimum absolute atomic E-state index is 0.128. The van der Waals surface area contributed by atoms with Gasteiger partial charge in [0.25, 0.3) is 10.0 Å². The highest BCUT2D eigenvalue weighted by Gasteiger charge is 2.21. The molecule has 8 heteroatoms. The molecule has 0 amide bonds. The number of thiophene rings is 1. The van der Waals surface area contributed by atoms with Crippen molar-refractivity contribution >= 4 is 37.3 Å². The molecule has 0 bridgehead atoms. The first-order chi connectivity index (χ1) is 9.54. The van der Waals surface area contributed by atoms with Crippen LogP contribution >= 0.6 is 27.3 Å². The van der Waals surface area contributed by atoms with Crippen LogP contribution in [0, 0.1) is 0 Å². The zero-order chi connectivity index (χ0) is 14.2. The van der Waals surface area contributed by atoms with Gasteiger partial charge in [0, 0.05) is 25.7 Å².